The average molecular weight is 270 g/mol. The number of fused-ring (bicyclic) bond motifs is 1. The highest BCUT2D eigenvalue weighted by Gasteiger charge is 2.24. The number of anilines is 1. The number of benzene rings is 1. The van der Waals surface area contributed by atoms with E-state index in [4.69, 9.17) is 5.11 Å². The summed E-state index contributed by atoms with van der Waals surface area (Å²) in [7, 11) is 0. The summed E-state index contributed by atoms with van der Waals surface area (Å²) < 4.78 is 0. The largest absolute Gasteiger partial charge is 0.508 e. The Hall–Kier alpha value is -2.56. The first-order valence-electron chi connectivity index (χ1n) is 6.39. The average Bonchev–Trinajstić information content (AvgIpc) is 2.88. The molecule has 2 atom stereocenters. The second-order valence-electron chi connectivity index (χ2n) is 4.88. The van der Waals surface area contributed by atoms with Crippen LogP contribution in [0.4, 0.5) is 5.82 Å². The van der Waals surface area contributed by atoms with Gasteiger partial charge in [0.15, 0.2) is 0 Å². The van der Waals surface area contributed by atoms with E-state index in [9.17, 15) is 9.90 Å². The monoisotopic (exact) mass is 270 g/mol. The first-order chi connectivity index (χ1) is 9.63. The number of carboxylic acid groups (broad SMARTS) is 1. The highest BCUT2D eigenvalue weighted by atomic mass is 16.4. The lowest BCUT2D eigenvalue weighted by Gasteiger charge is -2.14. The van der Waals surface area contributed by atoms with Gasteiger partial charge < -0.3 is 15.5 Å². The van der Waals surface area contributed by atoms with Crippen LogP contribution in [0.1, 0.15) is 6.42 Å². The molecule has 0 bridgehead atoms. The van der Waals surface area contributed by atoms with Crippen LogP contribution in [-0.4, -0.2) is 27.2 Å². The molecule has 20 heavy (non-hydrogen) atoms. The van der Waals surface area contributed by atoms with Crippen LogP contribution in [0.3, 0.4) is 0 Å². The first-order valence-corrected chi connectivity index (χ1v) is 6.39. The van der Waals surface area contributed by atoms with Gasteiger partial charge in [-0.2, -0.15) is 0 Å². The second-order valence-corrected chi connectivity index (χ2v) is 4.88. The zero-order chi connectivity index (χ0) is 14.1. The number of carbonyl (C=O) groups is 1. The number of carboxylic acids is 1. The number of pyridine rings is 1. The molecule has 1 aliphatic rings. The predicted molar refractivity (Wildman–Crippen MR) is 75.7 cm³/mol. The normalized spacial score (nSPS) is 21.2. The molecule has 5 nitrogen and oxygen atoms in total. The molecule has 102 valence electrons. The Morgan fingerprint density at radius 2 is 2.15 bits per heavy atom. The molecule has 3 rings (SSSR count). The van der Waals surface area contributed by atoms with Crippen LogP contribution in [0.2, 0.25) is 0 Å². The molecule has 1 heterocycles. The maximum absolute atomic E-state index is 10.9. The molecular formula is C15H14N2O3. The highest BCUT2D eigenvalue weighted by molar-refractivity contribution is 5.92. The summed E-state index contributed by atoms with van der Waals surface area (Å²) in [5, 5.41) is 23.6. The van der Waals surface area contributed by atoms with Crippen LogP contribution in [0.15, 0.2) is 42.6 Å². The molecule has 0 fully saturated rings. The maximum Gasteiger partial charge on any atom is 0.310 e. The summed E-state index contributed by atoms with van der Waals surface area (Å²) in [4.78, 5) is 15.2. The number of nitrogens with zero attached hydrogens (tertiary/aromatic N) is 1. The third kappa shape index (κ3) is 2.30. The van der Waals surface area contributed by atoms with Gasteiger partial charge in [0.2, 0.25) is 0 Å². The van der Waals surface area contributed by atoms with E-state index in [1.54, 1.807) is 24.4 Å². The highest BCUT2D eigenvalue weighted by Crippen LogP contribution is 2.28. The van der Waals surface area contributed by atoms with Crippen LogP contribution < -0.4 is 5.32 Å². The van der Waals surface area contributed by atoms with E-state index < -0.39 is 11.9 Å². The van der Waals surface area contributed by atoms with E-state index in [1.807, 2.05) is 18.2 Å². The smallest absolute Gasteiger partial charge is 0.310 e. The van der Waals surface area contributed by atoms with Crippen LogP contribution in [-0.2, 0) is 4.79 Å². The number of phenols is 1. The number of phenolic OH excluding ortho intramolecular Hbond substituents is 1. The fourth-order valence-electron chi connectivity index (χ4n) is 2.44. The quantitative estimate of drug-likeness (QED) is 0.746. The molecule has 0 spiro atoms. The minimum absolute atomic E-state index is 0.0588. The van der Waals surface area contributed by atoms with Crippen molar-refractivity contribution < 1.29 is 15.0 Å². The zero-order valence-electron chi connectivity index (χ0n) is 10.7. The summed E-state index contributed by atoms with van der Waals surface area (Å²) in [6.45, 7) is 0. The molecule has 2 aromatic rings. The number of hydrogen-bond acceptors (Lipinski definition) is 4. The Morgan fingerprint density at radius 3 is 2.90 bits per heavy atom. The van der Waals surface area contributed by atoms with Gasteiger partial charge in [-0.15, -0.1) is 0 Å². The van der Waals surface area contributed by atoms with Crippen molar-refractivity contribution in [2.24, 2.45) is 5.92 Å². The Morgan fingerprint density at radius 1 is 1.30 bits per heavy atom. The number of rotatable bonds is 3. The second kappa shape index (κ2) is 4.85. The molecule has 0 aliphatic heterocycles. The number of nitrogens with one attached hydrogen (secondary N) is 1. The summed E-state index contributed by atoms with van der Waals surface area (Å²) in [5.74, 6) is -0.428. The molecule has 0 saturated carbocycles. The maximum atomic E-state index is 10.9. The van der Waals surface area contributed by atoms with E-state index in [0.29, 0.717) is 12.2 Å². The Bertz CT molecular complexity index is 697. The van der Waals surface area contributed by atoms with Gasteiger partial charge in [-0.1, -0.05) is 18.2 Å². The minimum Gasteiger partial charge on any atom is -0.508 e. The topological polar surface area (TPSA) is 82.5 Å². The molecule has 2 unspecified atom stereocenters. The number of aromatic nitrogens is 1. The lowest BCUT2D eigenvalue weighted by molar-refractivity contribution is -0.140. The van der Waals surface area contributed by atoms with Crippen molar-refractivity contribution in [3.05, 3.63) is 42.6 Å². The SMILES string of the molecule is O=C(O)C1C=CC(Nc2nccc3ccc(O)cc23)C1. The molecule has 0 radical (unpaired) electrons. The fourth-order valence-corrected chi connectivity index (χ4v) is 2.44. The number of hydrogen-bond donors (Lipinski definition) is 3. The van der Waals surface area contributed by atoms with E-state index >= 15 is 0 Å². The van der Waals surface area contributed by atoms with Gasteiger partial charge in [0, 0.05) is 17.6 Å². The van der Waals surface area contributed by atoms with E-state index in [0.717, 1.165) is 10.8 Å². The summed E-state index contributed by atoms with van der Waals surface area (Å²) in [5.41, 5.74) is 0. The molecule has 5 heteroatoms. The third-order valence-corrected chi connectivity index (χ3v) is 3.47. The lowest BCUT2D eigenvalue weighted by atomic mass is 10.1. The summed E-state index contributed by atoms with van der Waals surface area (Å²) >= 11 is 0. The third-order valence-electron chi connectivity index (χ3n) is 3.47. The zero-order valence-corrected chi connectivity index (χ0v) is 10.7. The lowest BCUT2D eigenvalue weighted by Crippen LogP contribution is -2.19. The van der Waals surface area contributed by atoms with Gasteiger partial charge in [-0.05, 0) is 30.0 Å². The van der Waals surface area contributed by atoms with Crippen LogP contribution in [0.25, 0.3) is 10.8 Å². The van der Waals surface area contributed by atoms with Crippen molar-refractivity contribution in [3.63, 3.8) is 0 Å². The standard InChI is InChI=1S/C15H14N2O3/c18-12-4-2-9-5-6-16-14(13(9)8-12)17-11-3-1-10(7-11)15(19)20/h1-6,8,10-11,18H,7H2,(H,16,17)(H,19,20). The molecule has 1 aromatic heterocycles. The fraction of sp³-hybridized carbons (Fsp3) is 0.200. The van der Waals surface area contributed by atoms with Crippen molar-refractivity contribution in [1.82, 2.24) is 4.98 Å². The molecular weight excluding hydrogens is 256 g/mol. The van der Waals surface area contributed by atoms with Crippen molar-refractivity contribution in [1.29, 1.82) is 0 Å². The predicted octanol–water partition coefficient (Wildman–Crippen LogP) is 2.38. The van der Waals surface area contributed by atoms with Crippen molar-refractivity contribution in [3.8, 4) is 5.75 Å². The molecule has 0 saturated heterocycles. The van der Waals surface area contributed by atoms with Crippen molar-refractivity contribution in [2.75, 3.05) is 5.32 Å². The van der Waals surface area contributed by atoms with Gasteiger partial charge in [-0.25, -0.2) is 4.98 Å². The van der Waals surface area contributed by atoms with Crippen LogP contribution in [0.5, 0.6) is 5.75 Å². The molecule has 3 N–H and O–H groups in total. The molecule has 1 aliphatic carbocycles. The van der Waals surface area contributed by atoms with Gasteiger partial charge in [0.05, 0.1) is 5.92 Å². The van der Waals surface area contributed by atoms with Crippen LogP contribution >= 0.6 is 0 Å². The first kappa shape index (κ1) is 12.5. The van der Waals surface area contributed by atoms with Gasteiger partial charge in [-0.3, -0.25) is 4.79 Å². The van der Waals surface area contributed by atoms with E-state index in [2.05, 4.69) is 10.3 Å². The van der Waals surface area contributed by atoms with Crippen LogP contribution in [0, 0.1) is 5.92 Å². The number of aromatic hydroxyl groups is 1. The molecule has 1 aromatic carbocycles. The van der Waals surface area contributed by atoms with Gasteiger partial charge >= 0.3 is 5.97 Å². The van der Waals surface area contributed by atoms with Gasteiger partial charge in [0.1, 0.15) is 11.6 Å². The summed E-state index contributed by atoms with van der Waals surface area (Å²) in [6.07, 6.45) is 5.74. The van der Waals surface area contributed by atoms with Crippen molar-refractivity contribution >= 4 is 22.6 Å². The minimum atomic E-state index is -0.811. The van der Waals surface area contributed by atoms with E-state index in [1.165, 1.54) is 0 Å². The number of aliphatic carboxylic acids is 1. The Kier molecular flexibility index (Phi) is 3.02. The molecule has 0 amide bonds. The summed E-state index contributed by atoms with van der Waals surface area (Å²) in [6, 6.07) is 6.91. The van der Waals surface area contributed by atoms with Crippen molar-refractivity contribution in [2.45, 2.75) is 12.5 Å². The van der Waals surface area contributed by atoms with Gasteiger partial charge in [0.25, 0.3) is 0 Å². The van der Waals surface area contributed by atoms with E-state index in [-0.39, 0.29) is 11.8 Å². The Balaban J connectivity index is 1.87. The Labute approximate surface area is 115 Å².